The Bertz CT molecular complexity index is 1300. The number of carbonyl (C=O) groups is 2. The van der Waals surface area contributed by atoms with Gasteiger partial charge in [0.1, 0.15) is 17.6 Å². The Morgan fingerprint density at radius 2 is 1.73 bits per heavy atom. The van der Waals surface area contributed by atoms with Crippen LogP contribution in [0.25, 0.3) is 0 Å². The van der Waals surface area contributed by atoms with Gasteiger partial charge in [-0.15, -0.1) is 0 Å². The number of Topliss-reactive ketones (excluding diaryl/α,β-unsaturated/α-hetero) is 2. The zero-order valence-electron chi connectivity index (χ0n) is 30.7. The van der Waals surface area contributed by atoms with Crippen molar-refractivity contribution in [3.8, 4) is 6.07 Å². The maximum absolute atomic E-state index is 13.4. The smallest absolute Gasteiger partial charge is 0.178 e. The van der Waals surface area contributed by atoms with Crippen LogP contribution in [-0.2, 0) is 16.1 Å². The Kier molecular flexibility index (Phi) is 11.1. The lowest BCUT2D eigenvalue weighted by molar-refractivity contribution is -0.155. The first-order chi connectivity index (χ1) is 20.7. The third kappa shape index (κ3) is 7.83. The average Bonchev–Trinajstić information content (AvgIpc) is 3.35. The highest BCUT2D eigenvalue weighted by atomic mass is 16.5. The molecular formula is C39H63N3O3. The molecule has 2 aliphatic rings. The van der Waals surface area contributed by atoms with Crippen molar-refractivity contribution >= 4 is 11.6 Å². The third-order valence-corrected chi connectivity index (χ3v) is 12.8. The van der Waals surface area contributed by atoms with Gasteiger partial charge in [-0.25, -0.2) is 0 Å². The lowest BCUT2D eigenvalue weighted by Gasteiger charge is -2.64. The summed E-state index contributed by atoms with van der Waals surface area (Å²) in [5.41, 5.74) is 0.325. The van der Waals surface area contributed by atoms with E-state index in [4.69, 9.17) is 4.52 Å². The van der Waals surface area contributed by atoms with Crippen molar-refractivity contribution in [2.75, 3.05) is 6.54 Å². The fraction of sp³-hybridized carbons (Fsp3) is 0.795. The van der Waals surface area contributed by atoms with Gasteiger partial charge in [-0.1, -0.05) is 86.9 Å². The second kappa shape index (κ2) is 13.5. The van der Waals surface area contributed by atoms with Crippen LogP contribution in [0, 0.1) is 62.6 Å². The summed E-state index contributed by atoms with van der Waals surface area (Å²) in [7, 11) is 0. The number of ketones is 2. The summed E-state index contributed by atoms with van der Waals surface area (Å²) in [6, 6.07) is 4.23. The standard InChI is InChI=1S/C39H63N3O3/c1-13-15-34(4,5)17-19-37(10,26-41-25-30-22-28(3)45-42-30)20-18-35(6,7)39(12)16-14-31-36(8,9)33(44)29(24-40)23-38(31,11)32(39)21-27(2)43/h22-23,31-32,41H,13-21,25-26H2,1-12H3/t31-,32+,37-,38-,39+/m0/s1. The predicted molar refractivity (Wildman–Crippen MR) is 182 cm³/mol. The first-order valence-corrected chi connectivity index (χ1v) is 17.5. The number of rotatable bonds is 15. The molecule has 0 radical (unpaired) electrons. The first-order valence-electron chi connectivity index (χ1n) is 17.5. The summed E-state index contributed by atoms with van der Waals surface area (Å²) in [5.74, 6) is 1.10. The van der Waals surface area contributed by atoms with E-state index in [-0.39, 0.29) is 45.2 Å². The molecule has 1 fully saturated rings. The van der Waals surface area contributed by atoms with Crippen molar-refractivity contribution in [3.05, 3.63) is 29.2 Å². The highest BCUT2D eigenvalue weighted by Crippen LogP contribution is 2.68. The summed E-state index contributed by atoms with van der Waals surface area (Å²) in [4.78, 5) is 26.3. The fourth-order valence-corrected chi connectivity index (χ4v) is 9.34. The van der Waals surface area contributed by atoms with Crippen LogP contribution in [0.2, 0.25) is 0 Å². The van der Waals surface area contributed by atoms with E-state index < -0.39 is 10.8 Å². The quantitative estimate of drug-likeness (QED) is 0.209. The molecule has 0 saturated heterocycles. The van der Waals surface area contributed by atoms with Gasteiger partial charge >= 0.3 is 0 Å². The molecule has 0 bridgehead atoms. The van der Waals surface area contributed by atoms with Gasteiger partial charge in [0, 0.05) is 31.0 Å². The molecule has 0 aromatic carbocycles. The number of fused-ring (bicyclic) bond motifs is 1. The van der Waals surface area contributed by atoms with Gasteiger partial charge in [-0.3, -0.25) is 4.79 Å². The second-order valence-corrected chi connectivity index (χ2v) is 17.7. The number of aromatic nitrogens is 1. The minimum Gasteiger partial charge on any atom is -0.361 e. The number of nitriles is 1. The molecule has 1 saturated carbocycles. The van der Waals surface area contributed by atoms with Crippen LogP contribution >= 0.6 is 0 Å². The Hall–Kier alpha value is -2.26. The number of hydrogen-bond acceptors (Lipinski definition) is 6. The van der Waals surface area contributed by atoms with Crippen LogP contribution in [0.4, 0.5) is 0 Å². The topological polar surface area (TPSA) is 96.0 Å². The maximum Gasteiger partial charge on any atom is 0.178 e. The molecule has 1 aromatic heterocycles. The molecule has 252 valence electrons. The summed E-state index contributed by atoms with van der Waals surface area (Å²) in [6.45, 7) is 28.2. The molecular weight excluding hydrogens is 558 g/mol. The fourth-order valence-electron chi connectivity index (χ4n) is 9.34. The van der Waals surface area contributed by atoms with E-state index in [1.54, 1.807) is 6.92 Å². The van der Waals surface area contributed by atoms with Crippen molar-refractivity contribution in [1.29, 1.82) is 5.26 Å². The van der Waals surface area contributed by atoms with Crippen molar-refractivity contribution in [1.82, 2.24) is 10.5 Å². The SMILES string of the molecule is CCCC(C)(C)CC[C@@](C)(CCC(C)(C)[C@]1(C)CC[C@H]2C(C)(C)C(=O)C(C#N)=C[C@]2(C)[C@H]1CC(C)=O)CNCc1cc(C)on1. The van der Waals surface area contributed by atoms with E-state index in [0.717, 1.165) is 50.1 Å². The van der Waals surface area contributed by atoms with E-state index in [9.17, 15) is 14.9 Å². The molecule has 0 aliphatic heterocycles. The van der Waals surface area contributed by atoms with E-state index in [1.165, 1.54) is 19.3 Å². The Labute approximate surface area is 274 Å². The van der Waals surface area contributed by atoms with E-state index in [0.29, 0.717) is 18.4 Å². The average molecular weight is 622 g/mol. The van der Waals surface area contributed by atoms with Crippen molar-refractivity contribution in [2.24, 2.45) is 44.3 Å². The van der Waals surface area contributed by atoms with Crippen LogP contribution in [0.5, 0.6) is 0 Å². The first kappa shape index (κ1) is 37.2. The molecule has 0 amide bonds. The molecule has 0 unspecified atom stereocenters. The van der Waals surface area contributed by atoms with Gasteiger partial charge < -0.3 is 14.6 Å². The van der Waals surface area contributed by atoms with Crippen LogP contribution in [0.15, 0.2) is 22.2 Å². The van der Waals surface area contributed by atoms with E-state index in [2.05, 4.69) is 71.9 Å². The van der Waals surface area contributed by atoms with Crippen LogP contribution in [0.1, 0.15) is 145 Å². The molecule has 5 atom stereocenters. The molecule has 6 nitrogen and oxygen atoms in total. The number of carbonyl (C=O) groups excluding carboxylic acids is 2. The van der Waals surface area contributed by atoms with Crippen molar-refractivity contribution < 1.29 is 14.1 Å². The molecule has 1 N–H and O–H groups in total. The lowest BCUT2D eigenvalue weighted by atomic mass is 9.39. The maximum atomic E-state index is 13.4. The number of nitrogens with zero attached hydrogens (tertiary/aromatic N) is 2. The van der Waals surface area contributed by atoms with Gasteiger partial charge in [-0.05, 0) is 97.7 Å². The zero-order chi connectivity index (χ0) is 34.1. The molecule has 0 spiro atoms. The monoisotopic (exact) mass is 621 g/mol. The largest absolute Gasteiger partial charge is 0.361 e. The predicted octanol–water partition coefficient (Wildman–Crippen LogP) is 9.57. The van der Waals surface area contributed by atoms with Crippen LogP contribution in [0.3, 0.4) is 0 Å². The molecule has 45 heavy (non-hydrogen) atoms. The summed E-state index contributed by atoms with van der Waals surface area (Å²) in [5, 5.41) is 17.9. The normalized spacial score (nSPS) is 28.2. The highest BCUT2D eigenvalue weighted by molar-refractivity contribution is 6.04. The summed E-state index contributed by atoms with van der Waals surface area (Å²) in [6.07, 6.45) is 11.2. The van der Waals surface area contributed by atoms with Crippen molar-refractivity contribution in [3.63, 3.8) is 0 Å². The van der Waals surface area contributed by atoms with Gasteiger partial charge in [0.15, 0.2) is 5.78 Å². The lowest BCUT2D eigenvalue weighted by Crippen LogP contribution is -2.60. The molecule has 3 rings (SSSR count). The number of hydrogen-bond donors (Lipinski definition) is 1. The minimum atomic E-state index is -0.632. The summed E-state index contributed by atoms with van der Waals surface area (Å²) < 4.78 is 5.30. The Morgan fingerprint density at radius 3 is 2.29 bits per heavy atom. The molecule has 1 heterocycles. The van der Waals surface area contributed by atoms with Crippen LogP contribution < -0.4 is 5.32 Å². The molecule has 2 aliphatic carbocycles. The van der Waals surface area contributed by atoms with Crippen molar-refractivity contribution in [2.45, 2.75) is 147 Å². The minimum absolute atomic E-state index is 0.0373. The Balaban J connectivity index is 1.93. The van der Waals surface area contributed by atoms with Gasteiger partial charge in [-0.2, -0.15) is 5.26 Å². The number of allylic oxidation sites excluding steroid dienone is 2. The van der Waals surface area contributed by atoms with E-state index in [1.807, 2.05) is 32.9 Å². The number of aryl methyl sites for hydroxylation is 1. The third-order valence-electron chi connectivity index (χ3n) is 12.8. The zero-order valence-corrected chi connectivity index (χ0v) is 30.7. The summed E-state index contributed by atoms with van der Waals surface area (Å²) >= 11 is 0. The Morgan fingerprint density at radius 1 is 1.09 bits per heavy atom. The van der Waals surface area contributed by atoms with E-state index >= 15 is 0 Å². The molecule has 6 heteroatoms. The molecule has 1 aromatic rings. The van der Waals surface area contributed by atoms with Crippen LogP contribution in [-0.4, -0.2) is 23.3 Å². The van der Waals surface area contributed by atoms with Gasteiger partial charge in [0.05, 0.1) is 11.3 Å². The van der Waals surface area contributed by atoms with Gasteiger partial charge in [0.2, 0.25) is 0 Å². The highest BCUT2D eigenvalue weighted by Gasteiger charge is 2.63. The van der Waals surface area contributed by atoms with Gasteiger partial charge in [0.25, 0.3) is 0 Å². The second-order valence-electron chi connectivity index (χ2n) is 17.7. The number of nitrogens with one attached hydrogen (secondary N) is 1.